The van der Waals surface area contributed by atoms with Crippen molar-refractivity contribution in [1.82, 2.24) is 9.97 Å². The lowest BCUT2D eigenvalue weighted by molar-refractivity contribution is -0.135. The van der Waals surface area contributed by atoms with Crippen molar-refractivity contribution in [2.24, 2.45) is 11.8 Å². The van der Waals surface area contributed by atoms with Crippen LogP contribution < -0.4 is 10.1 Å². The summed E-state index contributed by atoms with van der Waals surface area (Å²) in [4.78, 5) is 36.5. The first-order valence-electron chi connectivity index (χ1n) is 22.7. The van der Waals surface area contributed by atoms with Crippen molar-refractivity contribution in [2.45, 2.75) is 108 Å². The summed E-state index contributed by atoms with van der Waals surface area (Å²) in [5.41, 5.74) is 9.92. The number of aromatic hydroxyl groups is 2. The number of hydrogen-bond acceptors (Lipinski definition) is 8. The molecule has 8 rings (SSSR count). The molecule has 10 nitrogen and oxygen atoms in total. The average molecular weight is 840 g/mol. The number of aromatic nitrogens is 2. The Balaban J connectivity index is 1.17. The zero-order chi connectivity index (χ0) is 43.0. The van der Waals surface area contributed by atoms with E-state index in [1.807, 2.05) is 36.7 Å². The van der Waals surface area contributed by atoms with Gasteiger partial charge in [-0.05, 0) is 157 Å². The standard InChI is InChI=1S/C52H61N3O7/c56-23-6-9-36-16-14-34-25-38(36)30-37-18-21-54-52(37)55-32-40-31-46-43(19-22-53-46)44(13-4-1-7-33-8-5-10-41(58)28-33)49(40)51(61)45(20-24-57)47(59)17-15-35-27-39(26-34)50(60)48(29-35)62-42-11-2-3-12-42/h5,8,10,14,16,18-19,21-22,25,27-29,31,42,44-45,49,53-58,60H,1-4,6-7,9,11-13,15,17,20,23-24,26,30,32H2/t44-,45-,49+/m0/s1. The van der Waals surface area contributed by atoms with Crippen molar-refractivity contribution in [3.8, 4) is 17.2 Å². The summed E-state index contributed by atoms with van der Waals surface area (Å²) in [6.07, 6.45) is 16.1. The second-order valence-corrected chi connectivity index (χ2v) is 17.6. The van der Waals surface area contributed by atoms with Gasteiger partial charge >= 0.3 is 0 Å². The summed E-state index contributed by atoms with van der Waals surface area (Å²) in [6, 6.07) is 21.7. The Morgan fingerprint density at radius 1 is 0.742 bits per heavy atom. The van der Waals surface area contributed by atoms with Crippen LogP contribution in [0.5, 0.6) is 17.2 Å². The van der Waals surface area contributed by atoms with Gasteiger partial charge in [0.1, 0.15) is 17.4 Å². The number of rotatable bonds is 12. The molecular formula is C52H61N3O7. The van der Waals surface area contributed by atoms with E-state index in [1.54, 1.807) is 12.1 Å². The molecule has 3 aromatic carbocycles. The second kappa shape index (κ2) is 20.1. The normalized spacial score (nSPS) is 19.6. The Labute approximate surface area is 364 Å². The van der Waals surface area contributed by atoms with Gasteiger partial charge in [0.05, 0.1) is 12.0 Å². The Morgan fingerprint density at radius 3 is 2.40 bits per heavy atom. The molecule has 1 fully saturated rings. The van der Waals surface area contributed by atoms with Crippen molar-refractivity contribution < 1.29 is 34.8 Å². The summed E-state index contributed by atoms with van der Waals surface area (Å²) >= 11 is 0. The molecule has 62 heavy (non-hydrogen) atoms. The lowest BCUT2D eigenvalue weighted by Crippen LogP contribution is -2.38. The van der Waals surface area contributed by atoms with Gasteiger partial charge in [-0.2, -0.15) is 0 Å². The number of anilines is 1. The number of fused-ring (bicyclic) bond motifs is 7. The number of unbranched alkanes of at least 4 members (excludes halogenated alkanes) is 1. The van der Waals surface area contributed by atoms with Crippen molar-refractivity contribution in [3.05, 3.63) is 135 Å². The first kappa shape index (κ1) is 43.1. The molecule has 326 valence electrons. The van der Waals surface area contributed by atoms with Gasteiger partial charge in [0, 0.05) is 68.6 Å². The van der Waals surface area contributed by atoms with Gasteiger partial charge in [0.15, 0.2) is 17.3 Å². The summed E-state index contributed by atoms with van der Waals surface area (Å²) in [5.74, 6) is -0.493. The van der Waals surface area contributed by atoms with E-state index in [4.69, 9.17) is 4.74 Å². The molecule has 10 heteroatoms. The predicted molar refractivity (Wildman–Crippen MR) is 242 cm³/mol. The molecule has 2 aliphatic carbocycles. The molecular weight excluding hydrogens is 779 g/mol. The van der Waals surface area contributed by atoms with Crippen LogP contribution >= 0.6 is 0 Å². The summed E-state index contributed by atoms with van der Waals surface area (Å²) in [6.45, 7) is 0.179. The number of H-pyrrole nitrogens is 2. The van der Waals surface area contributed by atoms with Gasteiger partial charge in [-0.3, -0.25) is 9.59 Å². The fourth-order valence-electron chi connectivity index (χ4n) is 10.2. The summed E-state index contributed by atoms with van der Waals surface area (Å²) in [5, 5.41) is 45.6. The van der Waals surface area contributed by atoms with E-state index in [1.165, 1.54) is 0 Å². The van der Waals surface area contributed by atoms with Crippen LogP contribution in [-0.4, -0.2) is 67.8 Å². The van der Waals surface area contributed by atoms with E-state index in [0.29, 0.717) is 43.5 Å². The highest BCUT2D eigenvalue weighted by molar-refractivity contribution is 6.05. The first-order valence-corrected chi connectivity index (χ1v) is 22.7. The third-order valence-electron chi connectivity index (χ3n) is 13.4. The lowest BCUT2D eigenvalue weighted by atomic mass is 9.69. The smallest absolute Gasteiger partial charge is 0.161 e. The molecule has 0 amide bonds. The maximum absolute atomic E-state index is 15.2. The number of carbonyl (C=O) groups is 2. The Hall–Kier alpha value is -5.58. The second-order valence-electron chi connectivity index (χ2n) is 17.6. The minimum atomic E-state index is -0.989. The number of phenols is 2. The number of aromatic amines is 2. The quantitative estimate of drug-likeness (QED) is 0.0483. The highest BCUT2D eigenvalue weighted by Crippen LogP contribution is 2.44. The van der Waals surface area contributed by atoms with Crippen LogP contribution in [0.1, 0.15) is 120 Å². The SMILES string of the molecule is O=C1CCc2cc(c(O)c(OC3CCCC3)c2)Cc2ccc(CCCO)c(c2)Cc2cc[nH]c2NCC2=Cc3[nH]ccc3[C@H](CCCCc3cccc(O)c3)[C@@H]2C(=O)[C@H]1CCO. The van der Waals surface area contributed by atoms with Gasteiger partial charge in [0.2, 0.25) is 0 Å². The molecule has 4 bridgehead atoms. The van der Waals surface area contributed by atoms with Crippen LogP contribution in [0.25, 0.3) is 6.08 Å². The monoisotopic (exact) mass is 839 g/mol. The molecule has 1 aliphatic heterocycles. The van der Waals surface area contributed by atoms with E-state index < -0.39 is 11.8 Å². The fourth-order valence-corrected chi connectivity index (χ4v) is 10.2. The molecule has 1 saturated carbocycles. The minimum absolute atomic E-state index is 0.0196. The van der Waals surface area contributed by atoms with E-state index in [2.05, 4.69) is 51.7 Å². The van der Waals surface area contributed by atoms with Crippen LogP contribution in [0, 0.1) is 11.8 Å². The molecule has 7 N–H and O–H groups in total. The number of nitrogens with one attached hydrogen (secondary N) is 3. The van der Waals surface area contributed by atoms with Gasteiger partial charge in [0.25, 0.3) is 0 Å². The van der Waals surface area contributed by atoms with Gasteiger partial charge in [-0.15, -0.1) is 0 Å². The predicted octanol–water partition coefficient (Wildman–Crippen LogP) is 8.89. The molecule has 0 radical (unpaired) electrons. The topological polar surface area (TPSA) is 168 Å². The third kappa shape index (κ3) is 10.0. The molecule has 2 aromatic heterocycles. The fraction of sp³-hybridized carbons (Fsp3) is 0.423. The first-order chi connectivity index (χ1) is 30.3. The number of aliphatic hydroxyl groups excluding tert-OH is 2. The van der Waals surface area contributed by atoms with E-state index in [0.717, 1.165) is 114 Å². The Bertz CT molecular complexity index is 2370. The molecule has 3 aliphatic rings. The number of Topliss-reactive ketones (excluding diaryl/α,β-unsaturated/α-hetero) is 2. The van der Waals surface area contributed by atoms with Gasteiger partial charge < -0.3 is 40.4 Å². The zero-order valence-electron chi connectivity index (χ0n) is 35.6. The highest BCUT2D eigenvalue weighted by atomic mass is 16.5. The van der Waals surface area contributed by atoms with Crippen LogP contribution in [0.15, 0.2) is 84.7 Å². The van der Waals surface area contributed by atoms with Crippen LogP contribution in [0.2, 0.25) is 0 Å². The van der Waals surface area contributed by atoms with Crippen LogP contribution in [0.3, 0.4) is 0 Å². The molecule has 0 saturated heterocycles. The number of ketones is 2. The van der Waals surface area contributed by atoms with E-state index in [-0.39, 0.29) is 61.1 Å². The molecule has 3 atom stereocenters. The largest absolute Gasteiger partial charge is 0.508 e. The highest BCUT2D eigenvalue weighted by Gasteiger charge is 2.41. The van der Waals surface area contributed by atoms with Gasteiger partial charge in [-0.1, -0.05) is 42.8 Å². The number of aliphatic hydroxyl groups is 2. The molecule has 3 heterocycles. The van der Waals surface area contributed by atoms with Crippen molar-refractivity contribution in [3.63, 3.8) is 0 Å². The van der Waals surface area contributed by atoms with Crippen molar-refractivity contribution in [2.75, 3.05) is 25.1 Å². The van der Waals surface area contributed by atoms with Crippen molar-refractivity contribution >= 4 is 23.5 Å². The average Bonchev–Trinajstić information content (AvgIpc) is 4.07. The van der Waals surface area contributed by atoms with Gasteiger partial charge in [-0.25, -0.2) is 0 Å². The number of carbonyl (C=O) groups excluding carboxylic acids is 2. The van der Waals surface area contributed by atoms with Crippen LogP contribution in [-0.2, 0) is 41.7 Å². The Kier molecular flexibility index (Phi) is 14.0. The zero-order valence-corrected chi connectivity index (χ0v) is 35.6. The summed E-state index contributed by atoms with van der Waals surface area (Å²) in [7, 11) is 0. The Morgan fingerprint density at radius 2 is 1.58 bits per heavy atom. The number of aryl methyl sites for hydroxylation is 3. The number of phenolic OH excluding ortho intramolecular Hbond substituents is 2. The van der Waals surface area contributed by atoms with E-state index in [9.17, 15) is 25.2 Å². The maximum atomic E-state index is 15.2. The summed E-state index contributed by atoms with van der Waals surface area (Å²) < 4.78 is 6.45. The molecule has 0 spiro atoms. The van der Waals surface area contributed by atoms with Crippen molar-refractivity contribution in [1.29, 1.82) is 0 Å². The number of ether oxygens (including phenoxy) is 1. The number of hydrogen-bond donors (Lipinski definition) is 7. The minimum Gasteiger partial charge on any atom is -0.508 e. The lowest BCUT2D eigenvalue weighted by Gasteiger charge is -2.34. The van der Waals surface area contributed by atoms with Crippen LogP contribution in [0.4, 0.5) is 5.82 Å². The number of benzene rings is 3. The third-order valence-corrected chi connectivity index (χ3v) is 13.4. The van der Waals surface area contributed by atoms with E-state index >= 15 is 4.79 Å². The molecule has 5 aromatic rings. The molecule has 0 unspecified atom stereocenters. The maximum Gasteiger partial charge on any atom is 0.161 e.